The zero-order chi connectivity index (χ0) is 12.5. The first-order chi connectivity index (χ1) is 7.31. The molecule has 2 amide bonds. The second kappa shape index (κ2) is 4.34. The van der Waals surface area contributed by atoms with Crippen molar-refractivity contribution in [2.24, 2.45) is 0 Å². The molecule has 1 rings (SSSR count). The molecule has 92 valence electrons. The molecule has 1 heterocycles. The molecule has 0 spiro atoms. The largest absolute Gasteiger partial charge is 0.391 e. The Bertz CT molecular complexity index is 309. The average Bonchev–Trinajstić information content (AvgIpc) is 2.21. The summed E-state index contributed by atoms with van der Waals surface area (Å²) in [6.45, 7) is 0.184. The molecule has 1 aliphatic heterocycles. The lowest BCUT2D eigenvalue weighted by atomic mass is 9.91. The Balaban J connectivity index is 2.88. The van der Waals surface area contributed by atoms with Crippen molar-refractivity contribution in [2.45, 2.75) is 30.9 Å². The van der Waals surface area contributed by atoms with Gasteiger partial charge in [-0.05, 0) is 0 Å². The maximum Gasteiger partial charge on any atom is 0.247 e. The lowest BCUT2D eigenvalue weighted by molar-refractivity contribution is -0.195. The number of amides is 2. The Labute approximate surface area is 90.9 Å². The van der Waals surface area contributed by atoms with Crippen LogP contribution in [0.15, 0.2) is 0 Å². The second-order valence-electron chi connectivity index (χ2n) is 3.69. The van der Waals surface area contributed by atoms with E-state index in [9.17, 15) is 24.9 Å². The molecule has 0 bridgehead atoms. The summed E-state index contributed by atoms with van der Waals surface area (Å²) in [5, 5.41) is 41.4. The molecule has 1 saturated heterocycles. The van der Waals surface area contributed by atoms with E-state index in [2.05, 4.69) is 5.32 Å². The van der Waals surface area contributed by atoms with Gasteiger partial charge in [0.05, 0.1) is 6.61 Å². The minimum Gasteiger partial charge on any atom is -0.391 e. The van der Waals surface area contributed by atoms with Crippen molar-refractivity contribution in [2.75, 3.05) is 6.61 Å². The molecular formula is C8H14N2O6. The molecule has 16 heavy (non-hydrogen) atoms. The lowest BCUT2D eigenvalue weighted by Crippen LogP contribution is -2.74. The molecule has 4 atom stereocenters. The monoisotopic (exact) mass is 234 g/mol. The first-order valence-corrected chi connectivity index (χ1v) is 4.60. The van der Waals surface area contributed by atoms with Crippen LogP contribution in [0.1, 0.15) is 6.92 Å². The number of carbonyl (C=O) groups is 2. The van der Waals surface area contributed by atoms with Gasteiger partial charge < -0.3 is 31.1 Å². The van der Waals surface area contributed by atoms with Gasteiger partial charge in [-0.1, -0.05) is 0 Å². The molecule has 0 aromatic heterocycles. The Hall–Kier alpha value is -1.22. The van der Waals surface area contributed by atoms with Crippen LogP contribution in [0.2, 0.25) is 0 Å². The Morgan fingerprint density at radius 3 is 2.56 bits per heavy atom. The minimum atomic E-state index is -2.30. The number of hydrogen-bond donors (Lipinski definition) is 6. The minimum absolute atomic E-state index is 0.569. The van der Waals surface area contributed by atoms with E-state index in [0.717, 1.165) is 6.92 Å². The molecule has 6 N–H and O–H groups in total. The lowest BCUT2D eigenvalue weighted by Gasteiger charge is -2.42. The van der Waals surface area contributed by atoms with Crippen LogP contribution in [0.3, 0.4) is 0 Å². The van der Waals surface area contributed by atoms with E-state index in [4.69, 9.17) is 5.11 Å². The Morgan fingerprint density at radius 1 is 1.56 bits per heavy atom. The average molecular weight is 234 g/mol. The summed E-state index contributed by atoms with van der Waals surface area (Å²) in [4.78, 5) is 22.1. The van der Waals surface area contributed by atoms with Gasteiger partial charge in [0, 0.05) is 6.92 Å². The highest BCUT2D eigenvalue weighted by molar-refractivity contribution is 5.88. The van der Waals surface area contributed by atoms with Crippen LogP contribution in [0, 0.1) is 0 Å². The third-order valence-electron chi connectivity index (χ3n) is 2.38. The fourth-order valence-electron chi connectivity index (χ4n) is 1.49. The first kappa shape index (κ1) is 12.8. The van der Waals surface area contributed by atoms with E-state index < -0.39 is 42.4 Å². The molecule has 0 radical (unpaired) electrons. The maximum absolute atomic E-state index is 11.4. The summed E-state index contributed by atoms with van der Waals surface area (Å²) in [6, 6.07) is -1.36. The van der Waals surface area contributed by atoms with Crippen LogP contribution < -0.4 is 10.6 Å². The summed E-state index contributed by atoms with van der Waals surface area (Å²) in [5.41, 5.74) is -2.30. The molecule has 0 saturated carbocycles. The number of nitrogens with one attached hydrogen (secondary N) is 2. The second-order valence-corrected chi connectivity index (χ2v) is 3.69. The highest BCUT2D eigenvalue weighted by Gasteiger charge is 2.51. The van der Waals surface area contributed by atoms with Crippen molar-refractivity contribution >= 4 is 11.8 Å². The van der Waals surface area contributed by atoms with Gasteiger partial charge in [0.2, 0.25) is 11.8 Å². The van der Waals surface area contributed by atoms with Crippen LogP contribution in [0.4, 0.5) is 0 Å². The molecule has 8 heteroatoms. The maximum atomic E-state index is 11.4. The van der Waals surface area contributed by atoms with Gasteiger partial charge in [0.1, 0.15) is 18.2 Å². The molecule has 1 fully saturated rings. The van der Waals surface area contributed by atoms with Crippen molar-refractivity contribution in [3.63, 3.8) is 0 Å². The fraction of sp³-hybridized carbons (Fsp3) is 0.750. The van der Waals surface area contributed by atoms with E-state index in [-0.39, 0.29) is 0 Å². The van der Waals surface area contributed by atoms with Crippen LogP contribution in [0.5, 0.6) is 0 Å². The number of aliphatic hydroxyl groups excluding tert-OH is 3. The predicted molar refractivity (Wildman–Crippen MR) is 49.8 cm³/mol. The number of carbonyl (C=O) groups excluding carboxylic acids is 2. The van der Waals surface area contributed by atoms with E-state index >= 15 is 0 Å². The highest BCUT2D eigenvalue weighted by atomic mass is 16.4. The van der Waals surface area contributed by atoms with Gasteiger partial charge in [0.15, 0.2) is 5.72 Å². The van der Waals surface area contributed by atoms with Crippen molar-refractivity contribution in [1.29, 1.82) is 0 Å². The summed E-state index contributed by atoms with van der Waals surface area (Å²) in [6.07, 6.45) is -3.50. The molecule has 0 aromatic rings. The number of piperidine rings is 1. The van der Waals surface area contributed by atoms with Gasteiger partial charge in [-0.25, -0.2) is 0 Å². The number of aliphatic hydroxyl groups is 4. The summed E-state index contributed by atoms with van der Waals surface area (Å²) in [5.74, 6) is -1.45. The van der Waals surface area contributed by atoms with Crippen molar-refractivity contribution < 1.29 is 30.0 Å². The van der Waals surface area contributed by atoms with Crippen molar-refractivity contribution in [1.82, 2.24) is 10.6 Å². The van der Waals surface area contributed by atoms with Crippen LogP contribution in [-0.2, 0) is 9.59 Å². The third kappa shape index (κ3) is 2.14. The predicted octanol–water partition coefficient (Wildman–Crippen LogP) is -3.98. The smallest absolute Gasteiger partial charge is 0.247 e. The third-order valence-corrected chi connectivity index (χ3v) is 2.38. The van der Waals surface area contributed by atoms with E-state index in [1.54, 1.807) is 0 Å². The summed E-state index contributed by atoms with van der Waals surface area (Å²) in [7, 11) is 0. The van der Waals surface area contributed by atoms with Crippen LogP contribution in [0.25, 0.3) is 0 Å². The van der Waals surface area contributed by atoms with E-state index in [0.29, 0.717) is 0 Å². The zero-order valence-corrected chi connectivity index (χ0v) is 8.54. The SMILES string of the molecule is CC(=O)NC1C(=O)NC(O)(CO)[C@@H](O)[C@@H]1O. The van der Waals surface area contributed by atoms with Crippen LogP contribution in [-0.4, -0.2) is 62.8 Å². The molecule has 0 aliphatic carbocycles. The zero-order valence-electron chi connectivity index (χ0n) is 8.54. The molecule has 8 nitrogen and oxygen atoms in total. The highest BCUT2D eigenvalue weighted by Crippen LogP contribution is 2.18. The topological polar surface area (TPSA) is 139 Å². The molecule has 0 aromatic carbocycles. The van der Waals surface area contributed by atoms with Crippen LogP contribution >= 0.6 is 0 Å². The summed E-state index contributed by atoms with van der Waals surface area (Å²) >= 11 is 0. The molecule has 2 unspecified atom stereocenters. The Kier molecular flexibility index (Phi) is 3.48. The number of hydrogen-bond acceptors (Lipinski definition) is 6. The fourth-order valence-corrected chi connectivity index (χ4v) is 1.49. The van der Waals surface area contributed by atoms with Gasteiger partial charge in [-0.15, -0.1) is 0 Å². The van der Waals surface area contributed by atoms with Crippen molar-refractivity contribution in [3.8, 4) is 0 Å². The van der Waals surface area contributed by atoms with Crippen molar-refractivity contribution in [3.05, 3.63) is 0 Å². The van der Waals surface area contributed by atoms with Gasteiger partial charge >= 0.3 is 0 Å². The number of rotatable bonds is 2. The van der Waals surface area contributed by atoms with E-state index in [1.165, 1.54) is 0 Å². The normalized spacial score (nSPS) is 39.1. The first-order valence-electron chi connectivity index (χ1n) is 4.60. The Morgan fingerprint density at radius 2 is 2.12 bits per heavy atom. The quantitative estimate of drug-likeness (QED) is 0.288. The van der Waals surface area contributed by atoms with Gasteiger partial charge in [-0.3, -0.25) is 9.59 Å². The molecule has 1 aliphatic rings. The molecular weight excluding hydrogens is 220 g/mol. The van der Waals surface area contributed by atoms with Gasteiger partial charge in [0.25, 0.3) is 0 Å². The van der Waals surface area contributed by atoms with E-state index in [1.807, 2.05) is 5.32 Å². The standard InChI is InChI=1S/C8H14N2O6/c1-3(12)9-4-5(13)6(14)8(16,2-11)10-7(4)15/h4-6,11,13-14,16H,2H2,1H3,(H,9,12)(H,10,15)/t4?,5-,6+,8?/m1/s1. The summed E-state index contributed by atoms with van der Waals surface area (Å²) < 4.78 is 0. The van der Waals surface area contributed by atoms with Gasteiger partial charge in [-0.2, -0.15) is 0 Å².